The minimum Gasteiger partial charge on any atom is -0.395 e. The third-order valence-corrected chi connectivity index (χ3v) is 5.48. The number of nitrogens with one attached hydrogen (secondary N) is 1. The lowest BCUT2D eigenvalue weighted by Crippen LogP contribution is -2.49. The fourth-order valence-corrected chi connectivity index (χ4v) is 4.46. The SMILES string of the molecule is CNCC1(CN(CCO)C2CCCCC2)CCCCC1. The Morgan fingerprint density at radius 1 is 1.05 bits per heavy atom. The van der Waals surface area contributed by atoms with E-state index in [2.05, 4.69) is 17.3 Å². The predicted octanol–water partition coefficient (Wildman–Crippen LogP) is 2.78. The van der Waals surface area contributed by atoms with E-state index < -0.39 is 0 Å². The lowest BCUT2D eigenvalue weighted by Gasteiger charge is -2.44. The molecule has 0 bridgehead atoms. The standard InChI is InChI=1S/C17H34N2O/c1-18-14-17(10-6-3-7-11-17)15-19(12-13-20)16-8-4-2-5-9-16/h16,18,20H,2-15H2,1H3. The van der Waals surface area contributed by atoms with Crippen molar-refractivity contribution >= 4 is 0 Å². The van der Waals surface area contributed by atoms with Gasteiger partial charge in [0.05, 0.1) is 6.61 Å². The Morgan fingerprint density at radius 2 is 1.70 bits per heavy atom. The number of nitrogens with zero attached hydrogens (tertiary/aromatic N) is 1. The minimum absolute atomic E-state index is 0.312. The summed E-state index contributed by atoms with van der Waals surface area (Å²) in [7, 11) is 2.09. The molecular formula is C17H34N2O. The Balaban J connectivity index is 1.99. The van der Waals surface area contributed by atoms with E-state index in [1.807, 2.05) is 0 Å². The fourth-order valence-electron chi connectivity index (χ4n) is 4.46. The zero-order chi connectivity index (χ0) is 14.3. The van der Waals surface area contributed by atoms with Crippen LogP contribution in [0.4, 0.5) is 0 Å². The smallest absolute Gasteiger partial charge is 0.0558 e. The van der Waals surface area contributed by atoms with Crippen LogP contribution in [0.1, 0.15) is 64.2 Å². The van der Waals surface area contributed by atoms with E-state index in [1.54, 1.807) is 0 Å². The van der Waals surface area contributed by atoms with E-state index in [-0.39, 0.29) is 0 Å². The first-order chi connectivity index (χ1) is 9.79. The number of aliphatic hydroxyl groups is 1. The molecule has 3 nitrogen and oxygen atoms in total. The summed E-state index contributed by atoms with van der Waals surface area (Å²) in [5.41, 5.74) is 0.458. The number of hydrogen-bond donors (Lipinski definition) is 2. The molecule has 0 aromatic rings. The van der Waals surface area contributed by atoms with Crippen molar-refractivity contribution in [2.75, 3.05) is 33.3 Å². The van der Waals surface area contributed by atoms with Crippen molar-refractivity contribution in [3.8, 4) is 0 Å². The molecule has 0 aromatic carbocycles. The summed E-state index contributed by atoms with van der Waals surface area (Å²) in [6, 6.07) is 0.728. The van der Waals surface area contributed by atoms with Crippen LogP contribution in [0, 0.1) is 5.41 Å². The summed E-state index contributed by atoms with van der Waals surface area (Å²) in [5.74, 6) is 0. The summed E-state index contributed by atoms with van der Waals surface area (Å²) >= 11 is 0. The van der Waals surface area contributed by atoms with Gasteiger partial charge < -0.3 is 10.4 Å². The highest BCUT2D eigenvalue weighted by atomic mass is 16.3. The summed E-state index contributed by atoms with van der Waals surface area (Å²) in [6.45, 7) is 3.52. The van der Waals surface area contributed by atoms with Crippen LogP contribution in [0.5, 0.6) is 0 Å². The zero-order valence-corrected chi connectivity index (χ0v) is 13.4. The van der Waals surface area contributed by atoms with Crippen molar-refractivity contribution in [1.82, 2.24) is 10.2 Å². The van der Waals surface area contributed by atoms with Crippen molar-refractivity contribution in [3.63, 3.8) is 0 Å². The average molecular weight is 282 g/mol. The molecule has 0 atom stereocenters. The number of hydrogen-bond acceptors (Lipinski definition) is 3. The maximum absolute atomic E-state index is 9.45. The molecule has 2 saturated carbocycles. The molecule has 0 heterocycles. The van der Waals surface area contributed by atoms with Crippen molar-refractivity contribution in [2.45, 2.75) is 70.3 Å². The first-order valence-corrected chi connectivity index (χ1v) is 8.79. The van der Waals surface area contributed by atoms with Gasteiger partial charge in [0.2, 0.25) is 0 Å². The average Bonchev–Trinajstić information content (AvgIpc) is 2.49. The van der Waals surface area contributed by atoms with Crippen molar-refractivity contribution in [1.29, 1.82) is 0 Å². The van der Waals surface area contributed by atoms with Crippen molar-refractivity contribution < 1.29 is 5.11 Å². The molecule has 20 heavy (non-hydrogen) atoms. The second kappa shape index (κ2) is 8.35. The Morgan fingerprint density at radius 3 is 2.30 bits per heavy atom. The molecule has 2 fully saturated rings. The molecule has 0 radical (unpaired) electrons. The van der Waals surface area contributed by atoms with E-state index in [0.717, 1.165) is 19.1 Å². The van der Waals surface area contributed by atoms with E-state index in [1.165, 1.54) is 70.8 Å². The Bertz CT molecular complexity index is 252. The predicted molar refractivity (Wildman–Crippen MR) is 85.0 cm³/mol. The molecule has 2 N–H and O–H groups in total. The van der Waals surface area contributed by atoms with Crippen LogP contribution in [-0.4, -0.2) is 49.3 Å². The maximum Gasteiger partial charge on any atom is 0.0558 e. The highest BCUT2D eigenvalue weighted by Gasteiger charge is 2.35. The zero-order valence-electron chi connectivity index (χ0n) is 13.4. The van der Waals surface area contributed by atoms with E-state index >= 15 is 0 Å². The van der Waals surface area contributed by atoms with Gasteiger partial charge in [0.25, 0.3) is 0 Å². The molecule has 2 aliphatic carbocycles. The van der Waals surface area contributed by atoms with Gasteiger partial charge in [-0.3, -0.25) is 4.90 Å². The molecule has 2 aliphatic rings. The van der Waals surface area contributed by atoms with Crippen LogP contribution in [-0.2, 0) is 0 Å². The van der Waals surface area contributed by atoms with Gasteiger partial charge in [0, 0.05) is 25.7 Å². The molecule has 0 amide bonds. The molecular weight excluding hydrogens is 248 g/mol. The topological polar surface area (TPSA) is 35.5 Å². The van der Waals surface area contributed by atoms with Crippen LogP contribution >= 0.6 is 0 Å². The van der Waals surface area contributed by atoms with Gasteiger partial charge in [-0.15, -0.1) is 0 Å². The van der Waals surface area contributed by atoms with Crippen LogP contribution in [0.15, 0.2) is 0 Å². The Labute approximate surface area is 125 Å². The highest BCUT2D eigenvalue weighted by Crippen LogP contribution is 2.38. The monoisotopic (exact) mass is 282 g/mol. The number of rotatable bonds is 7. The molecule has 0 unspecified atom stereocenters. The van der Waals surface area contributed by atoms with Gasteiger partial charge in [-0.05, 0) is 38.1 Å². The minimum atomic E-state index is 0.312. The molecule has 0 spiro atoms. The molecule has 118 valence electrons. The van der Waals surface area contributed by atoms with Crippen molar-refractivity contribution in [3.05, 3.63) is 0 Å². The lowest BCUT2D eigenvalue weighted by molar-refractivity contribution is 0.0495. The van der Waals surface area contributed by atoms with Gasteiger partial charge >= 0.3 is 0 Å². The maximum atomic E-state index is 9.45. The first kappa shape index (κ1) is 16.3. The Hall–Kier alpha value is -0.120. The quantitative estimate of drug-likeness (QED) is 0.754. The lowest BCUT2D eigenvalue weighted by atomic mass is 9.73. The summed E-state index contributed by atoms with van der Waals surface area (Å²) in [6.07, 6.45) is 13.8. The van der Waals surface area contributed by atoms with Gasteiger partial charge in [-0.25, -0.2) is 0 Å². The van der Waals surface area contributed by atoms with Gasteiger partial charge in [-0.1, -0.05) is 38.5 Å². The molecule has 0 saturated heterocycles. The third kappa shape index (κ3) is 4.44. The van der Waals surface area contributed by atoms with Crippen LogP contribution < -0.4 is 5.32 Å². The molecule has 0 aromatic heterocycles. The van der Waals surface area contributed by atoms with Crippen LogP contribution in [0.2, 0.25) is 0 Å². The summed E-state index contributed by atoms with van der Waals surface area (Å²) in [5, 5.41) is 12.9. The second-order valence-corrected chi connectivity index (χ2v) is 7.08. The van der Waals surface area contributed by atoms with Crippen LogP contribution in [0.3, 0.4) is 0 Å². The molecule has 0 aliphatic heterocycles. The van der Waals surface area contributed by atoms with Gasteiger partial charge in [0.15, 0.2) is 0 Å². The first-order valence-electron chi connectivity index (χ1n) is 8.79. The van der Waals surface area contributed by atoms with E-state index in [4.69, 9.17) is 0 Å². The van der Waals surface area contributed by atoms with E-state index in [0.29, 0.717) is 12.0 Å². The summed E-state index contributed by atoms with van der Waals surface area (Å²) < 4.78 is 0. The largest absolute Gasteiger partial charge is 0.395 e. The van der Waals surface area contributed by atoms with Crippen LogP contribution in [0.25, 0.3) is 0 Å². The molecule has 3 heteroatoms. The summed E-state index contributed by atoms with van der Waals surface area (Å²) in [4.78, 5) is 2.63. The fraction of sp³-hybridized carbons (Fsp3) is 1.00. The Kier molecular flexibility index (Phi) is 6.79. The second-order valence-electron chi connectivity index (χ2n) is 7.08. The molecule has 2 rings (SSSR count). The number of aliphatic hydroxyl groups excluding tert-OH is 1. The van der Waals surface area contributed by atoms with Gasteiger partial charge in [-0.2, -0.15) is 0 Å². The van der Waals surface area contributed by atoms with Crippen molar-refractivity contribution in [2.24, 2.45) is 5.41 Å². The van der Waals surface area contributed by atoms with Gasteiger partial charge in [0.1, 0.15) is 0 Å². The highest BCUT2D eigenvalue weighted by molar-refractivity contribution is 4.90. The third-order valence-electron chi connectivity index (χ3n) is 5.48. The normalized spacial score (nSPS) is 24.1. The van der Waals surface area contributed by atoms with E-state index in [9.17, 15) is 5.11 Å².